The SMILES string of the molecule is C=CCC=CF.FCC(F)(F)F. The van der Waals surface area contributed by atoms with Crippen molar-refractivity contribution in [2.45, 2.75) is 12.6 Å². The second kappa shape index (κ2) is 8.23. The van der Waals surface area contributed by atoms with Crippen LogP contribution in [0.1, 0.15) is 6.42 Å². The highest BCUT2D eigenvalue weighted by molar-refractivity contribution is 4.82. The number of hydrogen-bond donors (Lipinski definition) is 0. The molecule has 0 saturated carbocycles. The van der Waals surface area contributed by atoms with Crippen molar-refractivity contribution in [2.75, 3.05) is 6.67 Å². The number of hydrogen-bond acceptors (Lipinski definition) is 0. The lowest BCUT2D eigenvalue weighted by molar-refractivity contribution is -0.142. The van der Waals surface area contributed by atoms with E-state index in [1.165, 1.54) is 6.08 Å². The Bertz CT molecular complexity index is 124. The van der Waals surface area contributed by atoms with Crippen molar-refractivity contribution < 1.29 is 22.0 Å². The highest BCUT2D eigenvalue weighted by Gasteiger charge is 2.26. The molecule has 0 rings (SSSR count). The van der Waals surface area contributed by atoms with E-state index in [2.05, 4.69) is 6.58 Å². The van der Waals surface area contributed by atoms with Crippen LogP contribution >= 0.6 is 0 Å². The molecule has 0 aromatic rings. The van der Waals surface area contributed by atoms with Crippen LogP contribution in [0.4, 0.5) is 22.0 Å². The lowest BCUT2D eigenvalue weighted by atomic mass is 10.4. The summed E-state index contributed by atoms with van der Waals surface area (Å²) in [5, 5.41) is 0. The van der Waals surface area contributed by atoms with E-state index >= 15 is 0 Å². The van der Waals surface area contributed by atoms with Crippen LogP contribution in [0.15, 0.2) is 25.1 Å². The molecule has 0 N–H and O–H groups in total. The maximum Gasteiger partial charge on any atom is 0.416 e. The van der Waals surface area contributed by atoms with Gasteiger partial charge in [0, 0.05) is 0 Å². The molecule has 0 unspecified atom stereocenters. The van der Waals surface area contributed by atoms with Crippen LogP contribution in [0.5, 0.6) is 0 Å². The Morgan fingerprint density at radius 2 is 1.67 bits per heavy atom. The van der Waals surface area contributed by atoms with Crippen LogP contribution in [0.2, 0.25) is 0 Å². The molecule has 0 aromatic carbocycles. The van der Waals surface area contributed by atoms with Crippen molar-refractivity contribution in [3.8, 4) is 0 Å². The molecule has 0 nitrogen and oxygen atoms in total. The number of allylic oxidation sites excluding steroid dienone is 2. The second-order valence-electron chi connectivity index (χ2n) is 1.63. The maximum atomic E-state index is 11.0. The summed E-state index contributed by atoms with van der Waals surface area (Å²) in [5.41, 5.74) is 0. The summed E-state index contributed by atoms with van der Waals surface area (Å²) in [4.78, 5) is 0. The Morgan fingerprint density at radius 3 is 1.75 bits per heavy atom. The third kappa shape index (κ3) is 22.9. The molecule has 0 aliphatic carbocycles. The average Bonchev–Trinajstić information content (AvgIpc) is 2.01. The van der Waals surface area contributed by atoms with Crippen molar-refractivity contribution in [3.05, 3.63) is 25.1 Å². The van der Waals surface area contributed by atoms with Crippen molar-refractivity contribution in [2.24, 2.45) is 0 Å². The van der Waals surface area contributed by atoms with Crippen molar-refractivity contribution in [1.29, 1.82) is 0 Å². The van der Waals surface area contributed by atoms with E-state index in [0.717, 1.165) is 0 Å². The first kappa shape index (κ1) is 13.7. The molecule has 0 aliphatic heterocycles. The Kier molecular flexibility index (Phi) is 9.40. The molecule has 0 saturated heterocycles. The monoisotopic (exact) mass is 188 g/mol. The molecule has 0 heterocycles. The van der Waals surface area contributed by atoms with E-state index in [-0.39, 0.29) is 0 Å². The molecule has 0 atom stereocenters. The maximum absolute atomic E-state index is 11.0. The van der Waals surface area contributed by atoms with Gasteiger partial charge in [-0.15, -0.1) is 6.58 Å². The largest absolute Gasteiger partial charge is 0.416 e. The van der Waals surface area contributed by atoms with Gasteiger partial charge in [0.1, 0.15) is 0 Å². The second-order valence-corrected chi connectivity index (χ2v) is 1.63. The van der Waals surface area contributed by atoms with Gasteiger partial charge in [0.25, 0.3) is 0 Å². The zero-order chi connectivity index (χ0) is 10.0. The molecule has 0 radical (unpaired) electrons. The molecule has 0 bridgehead atoms. The summed E-state index contributed by atoms with van der Waals surface area (Å²) in [5.74, 6) is 0. The summed E-state index contributed by atoms with van der Waals surface area (Å²) in [7, 11) is 0. The minimum absolute atomic E-state index is 0.516. The summed E-state index contributed by atoms with van der Waals surface area (Å²) < 4.78 is 52.6. The lowest BCUT2D eigenvalue weighted by Crippen LogP contribution is -2.08. The van der Waals surface area contributed by atoms with Crippen molar-refractivity contribution in [1.82, 2.24) is 0 Å². The highest BCUT2D eigenvalue weighted by Crippen LogP contribution is 2.13. The van der Waals surface area contributed by atoms with Crippen molar-refractivity contribution >= 4 is 0 Å². The molecule has 12 heavy (non-hydrogen) atoms. The predicted octanol–water partition coefficient (Wildman–Crippen LogP) is 3.56. The average molecular weight is 188 g/mol. The molecule has 72 valence electrons. The number of halogens is 5. The van der Waals surface area contributed by atoms with Crippen LogP contribution in [-0.4, -0.2) is 12.9 Å². The zero-order valence-electron chi connectivity index (χ0n) is 6.24. The molecule has 0 amide bonds. The predicted molar refractivity (Wildman–Crippen MR) is 37.1 cm³/mol. The van der Waals surface area contributed by atoms with E-state index in [1.54, 1.807) is 6.08 Å². The lowest BCUT2D eigenvalue weighted by Gasteiger charge is -1.93. The molecule has 0 fully saturated rings. The molecule has 0 aromatic heterocycles. The van der Waals surface area contributed by atoms with Crippen LogP contribution in [-0.2, 0) is 0 Å². The van der Waals surface area contributed by atoms with Crippen LogP contribution in [0.3, 0.4) is 0 Å². The Morgan fingerprint density at radius 1 is 1.25 bits per heavy atom. The third-order valence-corrected chi connectivity index (χ3v) is 0.543. The van der Waals surface area contributed by atoms with Gasteiger partial charge in [0.15, 0.2) is 6.67 Å². The smallest absolute Gasteiger partial charge is 0.241 e. The molecule has 5 heteroatoms. The fraction of sp³-hybridized carbons (Fsp3) is 0.429. The molecule has 0 spiro atoms. The topological polar surface area (TPSA) is 0 Å². The van der Waals surface area contributed by atoms with E-state index < -0.39 is 12.9 Å². The standard InChI is InChI=1S/C5H7F.C2H2F4/c1-2-3-4-5-6;3-1-2(4,5)6/h2,4-5H,1,3H2;1H2. The van der Waals surface area contributed by atoms with Crippen LogP contribution in [0, 0.1) is 0 Å². The highest BCUT2D eigenvalue weighted by atomic mass is 19.4. The van der Waals surface area contributed by atoms with Gasteiger partial charge in [-0.25, -0.2) is 8.78 Å². The Hall–Kier alpha value is -0.870. The van der Waals surface area contributed by atoms with E-state index in [9.17, 15) is 22.0 Å². The van der Waals surface area contributed by atoms with E-state index in [1.807, 2.05) is 0 Å². The Labute approximate surface area is 67.4 Å². The van der Waals surface area contributed by atoms with Gasteiger partial charge >= 0.3 is 6.18 Å². The number of rotatable bonds is 2. The van der Waals surface area contributed by atoms with Crippen molar-refractivity contribution in [3.63, 3.8) is 0 Å². The van der Waals surface area contributed by atoms with Gasteiger partial charge < -0.3 is 0 Å². The first-order valence-electron chi connectivity index (χ1n) is 2.96. The number of alkyl halides is 4. The van der Waals surface area contributed by atoms with Gasteiger partial charge in [0.2, 0.25) is 0 Å². The van der Waals surface area contributed by atoms with Gasteiger partial charge in [-0.1, -0.05) is 12.2 Å². The summed E-state index contributed by atoms with van der Waals surface area (Å²) >= 11 is 0. The van der Waals surface area contributed by atoms with Gasteiger partial charge in [-0.2, -0.15) is 13.2 Å². The van der Waals surface area contributed by atoms with E-state index in [4.69, 9.17) is 0 Å². The van der Waals surface area contributed by atoms with Gasteiger partial charge in [-0.05, 0) is 6.42 Å². The minimum Gasteiger partial charge on any atom is -0.241 e. The first-order valence-corrected chi connectivity index (χ1v) is 2.96. The molecular weight excluding hydrogens is 179 g/mol. The van der Waals surface area contributed by atoms with Crippen LogP contribution in [0.25, 0.3) is 0 Å². The minimum atomic E-state index is -4.62. The molecular formula is C7H9F5. The summed E-state index contributed by atoms with van der Waals surface area (Å²) in [6.07, 6.45) is -0.457. The van der Waals surface area contributed by atoms with Gasteiger partial charge in [-0.3, -0.25) is 0 Å². The van der Waals surface area contributed by atoms with Gasteiger partial charge in [0.05, 0.1) is 6.33 Å². The van der Waals surface area contributed by atoms with E-state index in [0.29, 0.717) is 12.8 Å². The third-order valence-electron chi connectivity index (χ3n) is 0.543. The fourth-order valence-electron chi connectivity index (χ4n) is 0.148. The zero-order valence-corrected chi connectivity index (χ0v) is 6.24. The first-order chi connectivity index (χ1) is 5.47. The molecule has 0 aliphatic rings. The fourth-order valence-corrected chi connectivity index (χ4v) is 0.148. The normalized spacial score (nSPS) is 10.8. The Balaban J connectivity index is 0. The quantitative estimate of drug-likeness (QED) is 0.459. The van der Waals surface area contributed by atoms with Crippen LogP contribution < -0.4 is 0 Å². The summed E-state index contributed by atoms with van der Waals surface area (Å²) in [6.45, 7) is 1.15. The summed E-state index contributed by atoms with van der Waals surface area (Å²) in [6, 6.07) is 0.